The molecule has 0 aromatic heterocycles. The van der Waals surface area contributed by atoms with Crippen LogP contribution in [-0.4, -0.2) is 47.3 Å². The Morgan fingerprint density at radius 3 is 2.10 bits per heavy atom. The van der Waals surface area contributed by atoms with Crippen LogP contribution in [-0.2, 0) is 9.53 Å². The smallest absolute Gasteiger partial charge is 0.338 e. The summed E-state index contributed by atoms with van der Waals surface area (Å²) < 4.78 is 26.6. The highest BCUT2D eigenvalue weighted by molar-refractivity contribution is 6.24. The second kappa shape index (κ2) is 10.2. The first-order valence-corrected chi connectivity index (χ1v) is 8.85. The Morgan fingerprint density at radius 1 is 0.897 bits per heavy atom. The average molecular weight is 400 g/mol. The fraction of sp³-hybridized carbons (Fsp3) is 0.273. The molecule has 7 nitrogen and oxygen atoms in total. The van der Waals surface area contributed by atoms with E-state index in [1.807, 2.05) is 0 Å². The van der Waals surface area contributed by atoms with Gasteiger partial charge in [0.05, 0.1) is 40.6 Å². The Kier molecular flexibility index (Phi) is 7.65. The van der Waals surface area contributed by atoms with Gasteiger partial charge in [-0.15, -0.1) is 0 Å². The summed E-state index contributed by atoms with van der Waals surface area (Å²) in [4.78, 5) is 24.5. The molecule has 29 heavy (non-hydrogen) atoms. The number of ether oxygens (including phenoxy) is 5. The molecule has 0 saturated heterocycles. The van der Waals surface area contributed by atoms with E-state index >= 15 is 0 Å². The van der Waals surface area contributed by atoms with Crippen molar-refractivity contribution in [2.75, 3.05) is 35.0 Å². The third kappa shape index (κ3) is 4.68. The first-order valence-electron chi connectivity index (χ1n) is 8.85. The number of hydrogen-bond acceptors (Lipinski definition) is 7. The molecule has 2 rings (SSSR count). The summed E-state index contributed by atoms with van der Waals surface area (Å²) in [5.74, 6) is 1.09. The topological polar surface area (TPSA) is 80.3 Å². The van der Waals surface area contributed by atoms with E-state index in [-0.39, 0.29) is 29.1 Å². The predicted octanol–water partition coefficient (Wildman–Crippen LogP) is 3.64. The van der Waals surface area contributed by atoms with Gasteiger partial charge in [0.25, 0.3) is 0 Å². The van der Waals surface area contributed by atoms with Crippen molar-refractivity contribution in [3.63, 3.8) is 0 Å². The zero-order valence-electron chi connectivity index (χ0n) is 17.1. The minimum atomic E-state index is -0.600. The van der Waals surface area contributed by atoms with Crippen molar-refractivity contribution in [1.82, 2.24) is 0 Å². The van der Waals surface area contributed by atoms with Crippen LogP contribution in [0.3, 0.4) is 0 Å². The van der Waals surface area contributed by atoms with E-state index < -0.39 is 5.97 Å². The fourth-order valence-electron chi connectivity index (χ4n) is 2.87. The van der Waals surface area contributed by atoms with E-state index in [1.165, 1.54) is 28.4 Å². The maximum Gasteiger partial charge on any atom is 0.338 e. The molecule has 2 aromatic rings. The highest BCUT2D eigenvalue weighted by atomic mass is 16.5. The molecule has 0 N–H and O–H groups in total. The lowest BCUT2D eigenvalue weighted by Gasteiger charge is -2.17. The molecule has 0 fully saturated rings. The normalized spacial score (nSPS) is 10.9. The Labute approximate surface area is 169 Å². The van der Waals surface area contributed by atoms with Crippen LogP contribution >= 0.6 is 0 Å². The van der Waals surface area contributed by atoms with E-state index in [2.05, 4.69) is 0 Å². The minimum absolute atomic E-state index is 0.150. The second-order valence-electron chi connectivity index (χ2n) is 5.78. The molecule has 0 unspecified atom stereocenters. The third-order valence-electron chi connectivity index (χ3n) is 4.19. The molecular formula is C22H24O7. The monoisotopic (exact) mass is 400 g/mol. The molecule has 154 valence electrons. The van der Waals surface area contributed by atoms with Crippen molar-refractivity contribution in [3.8, 4) is 23.0 Å². The maximum absolute atomic E-state index is 12.8. The van der Waals surface area contributed by atoms with E-state index in [0.717, 1.165) is 0 Å². The van der Waals surface area contributed by atoms with Crippen molar-refractivity contribution in [1.29, 1.82) is 0 Å². The van der Waals surface area contributed by atoms with Gasteiger partial charge in [-0.3, -0.25) is 4.79 Å². The van der Waals surface area contributed by atoms with Gasteiger partial charge in [0, 0.05) is 11.1 Å². The van der Waals surface area contributed by atoms with Crippen molar-refractivity contribution < 1.29 is 33.3 Å². The van der Waals surface area contributed by atoms with Gasteiger partial charge < -0.3 is 23.7 Å². The van der Waals surface area contributed by atoms with Crippen LogP contribution < -0.4 is 18.9 Å². The van der Waals surface area contributed by atoms with Gasteiger partial charge in [0.1, 0.15) is 0 Å². The van der Waals surface area contributed by atoms with Crippen molar-refractivity contribution in [2.24, 2.45) is 0 Å². The van der Waals surface area contributed by atoms with Crippen molar-refractivity contribution >= 4 is 23.9 Å². The number of carbonyl (C=O) groups excluding carboxylic acids is 2. The van der Waals surface area contributed by atoms with Crippen LogP contribution in [0.5, 0.6) is 23.0 Å². The summed E-state index contributed by atoms with van der Waals surface area (Å²) in [5.41, 5.74) is 1.35. The quantitative estimate of drug-likeness (QED) is 0.275. The average Bonchev–Trinajstić information content (AvgIpc) is 2.76. The highest BCUT2D eigenvalue weighted by Crippen LogP contribution is 2.39. The molecule has 0 atom stereocenters. The fourth-order valence-corrected chi connectivity index (χ4v) is 2.87. The largest absolute Gasteiger partial charge is 0.493 e. The summed E-state index contributed by atoms with van der Waals surface area (Å²) in [6, 6.07) is 8.35. The number of methoxy groups -OCH3 is 4. The molecule has 0 heterocycles. The van der Waals surface area contributed by atoms with Gasteiger partial charge in [-0.2, -0.15) is 0 Å². The lowest BCUT2D eigenvalue weighted by atomic mass is 9.96. The molecule has 0 aliphatic heterocycles. The molecule has 7 heteroatoms. The lowest BCUT2D eigenvalue weighted by molar-refractivity contribution is -0.136. The van der Waals surface area contributed by atoms with E-state index in [0.29, 0.717) is 29.1 Å². The van der Waals surface area contributed by atoms with Gasteiger partial charge in [0.15, 0.2) is 29.3 Å². The van der Waals surface area contributed by atoms with Gasteiger partial charge in [-0.1, -0.05) is 6.07 Å². The van der Waals surface area contributed by atoms with Crippen LogP contribution in [0.25, 0.3) is 11.6 Å². The summed E-state index contributed by atoms with van der Waals surface area (Å²) in [6.45, 7) is 1.88. The number of esters is 1. The number of hydrogen-bond donors (Lipinski definition) is 0. The molecule has 2 aromatic carbocycles. The second-order valence-corrected chi connectivity index (χ2v) is 5.78. The van der Waals surface area contributed by atoms with E-state index in [1.54, 1.807) is 43.3 Å². The predicted molar refractivity (Wildman–Crippen MR) is 109 cm³/mol. The van der Waals surface area contributed by atoms with E-state index in [9.17, 15) is 9.59 Å². The zero-order valence-corrected chi connectivity index (χ0v) is 17.1. The molecule has 0 aliphatic rings. The summed E-state index contributed by atoms with van der Waals surface area (Å²) in [5, 5.41) is 0. The minimum Gasteiger partial charge on any atom is -0.493 e. The molecule has 0 aliphatic carbocycles. The highest BCUT2D eigenvalue weighted by Gasteiger charge is 2.24. The van der Waals surface area contributed by atoms with Gasteiger partial charge >= 0.3 is 5.97 Å². The Morgan fingerprint density at radius 2 is 1.55 bits per heavy atom. The summed E-state index contributed by atoms with van der Waals surface area (Å²) in [7, 11) is 5.97. The first-order chi connectivity index (χ1) is 14.0. The third-order valence-corrected chi connectivity index (χ3v) is 4.19. The number of aldehydes is 1. The van der Waals surface area contributed by atoms with E-state index in [4.69, 9.17) is 23.7 Å². The Balaban J connectivity index is 2.78. The molecule has 0 amide bonds. The summed E-state index contributed by atoms with van der Waals surface area (Å²) in [6.07, 6.45) is 2.25. The van der Waals surface area contributed by atoms with Crippen LogP contribution in [0.1, 0.15) is 28.4 Å². The van der Waals surface area contributed by atoms with Crippen LogP contribution in [0.4, 0.5) is 0 Å². The Hall–Kier alpha value is -3.48. The van der Waals surface area contributed by atoms with Crippen molar-refractivity contribution in [3.05, 3.63) is 47.0 Å². The first kappa shape index (κ1) is 21.8. The SMILES string of the molecule is CCOC(=O)C(=Cc1ccc(OC)c(OC)c1)c1c(C=O)ccc(OC)c1OC. The summed E-state index contributed by atoms with van der Waals surface area (Å²) >= 11 is 0. The molecular weight excluding hydrogens is 376 g/mol. The number of carbonyl (C=O) groups is 2. The lowest BCUT2D eigenvalue weighted by Crippen LogP contribution is -2.10. The number of benzene rings is 2. The molecule has 0 radical (unpaired) electrons. The van der Waals surface area contributed by atoms with Crippen LogP contribution in [0.2, 0.25) is 0 Å². The van der Waals surface area contributed by atoms with Crippen LogP contribution in [0.15, 0.2) is 30.3 Å². The van der Waals surface area contributed by atoms with Crippen LogP contribution in [0, 0.1) is 0 Å². The standard InChI is InChI=1S/C22H24O7/c1-6-29-22(24)16(11-14-7-9-17(25-2)19(12-14)27-4)20-15(13-23)8-10-18(26-3)21(20)28-5/h7-13H,6H2,1-5H3. The Bertz CT molecular complexity index is 916. The molecule has 0 saturated carbocycles. The molecule has 0 bridgehead atoms. The van der Waals surface area contributed by atoms with Crippen molar-refractivity contribution in [2.45, 2.75) is 6.92 Å². The van der Waals surface area contributed by atoms with Gasteiger partial charge in [0.2, 0.25) is 0 Å². The molecule has 0 spiro atoms. The maximum atomic E-state index is 12.8. The number of rotatable bonds is 9. The zero-order chi connectivity index (χ0) is 21.4. The van der Waals surface area contributed by atoms with Gasteiger partial charge in [-0.05, 0) is 42.8 Å². The van der Waals surface area contributed by atoms with Gasteiger partial charge in [-0.25, -0.2) is 4.79 Å².